The number of carbonyl (C=O) groups excluding carboxylic acids is 3. The molecule has 2 rings (SSSR count). The minimum absolute atomic E-state index is 0.0396. The summed E-state index contributed by atoms with van der Waals surface area (Å²) in [5.74, 6) is -1.40. The number of esters is 1. The third kappa shape index (κ3) is 4.57. The fourth-order valence-corrected chi connectivity index (χ4v) is 3.10. The standard InChI is InChI=1S/C18H24N2O4/c1-3-12-7-6-8-13(11-12)19-16(21)17(22)20-15-10-5-4-9-14(15)18(23)24-2/h4-5,9-10,12-13H,3,6-8,11H2,1-2H3,(H,19,21)(H,20,22)/t12-,13-/m1/s1. The highest BCUT2D eigenvalue weighted by atomic mass is 16.5. The highest BCUT2D eigenvalue weighted by molar-refractivity contribution is 6.40. The summed E-state index contributed by atoms with van der Waals surface area (Å²) in [7, 11) is 1.26. The van der Waals surface area contributed by atoms with Crippen molar-refractivity contribution in [3.05, 3.63) is 29.8 Å². The molecule has 2 N–H and O–H groups in total. The largest absolute Gasteiger partial charge is 0.465 e. The van der Waals surface area contributed by atoms with E-state index in [0.29, 0.717) is 5.92 Å². The number of hydrogen-bond acceptors (Lipinski definition) is 4. The van der Waals surface area contributed by atoms with Crippen LogP contribution in [0.15, 0.2) is 24.3 Å². The first-order valence-corrected chi connectivity index (χ1v) is 8.34. The highest BCUT2D eigenvalue weighted by Crippen LogP contribution is 2.26. The molecular formula is C18H24N2O4. The van der Waals surface area contributed by atoms with E-state index in [1.807, 2.05) is 0 Å². The summed E-state index contributed by atoms with van der Waals surface area (Å²) in [5, 5.41) is 5.29. The Labute approximate surface area is 142 Å². The van der Waals surface area contributed by atoms with Crippen molar-refractivity contribution in [3.63, 3.8) is 0 Å². The molecule has 6 heteroatoms. The highest BCUT2D eigenvalue weighted by Gasteiger charge is 2.25. The summed E-state index contributed by atoms with van der Waals surface area (Å²) in [6.07, 6.45) is 5.14. The Morgan fingerprint density at radius 3 is 2.62 bits per heavy atom. The lowest BCUT2D eigenvalue weighted by molar-refractivity contribution is -0.136. The van der Waals surface area contributed by atoms with Crippen molar-refractivity contribution in [2.45, 2.75) is 45.1 Å². The van der Waals surface area contributed by atoms with E-state index in [4.69, 9.17) is 0 Å². The predicted octanol–water partition coefficient (Wildman–Crippen LogP) is 2.50. The second-order valence-electron chi connectivity index (χ2n) is 6.10. The number of nitrogens with one attached hydrogen (secondary N) is 2. The predicted molar refractivity (Wildman–Crippen MR) is 90.6 cm³/mol. The maximum Gasteiger partial charge on any atom is 0.339 e. The van der Waals surface area contributed by atoms with Crippen LogP contribution in [-0.4, -0.2) is 30.9 Å². The Balaban J connectivity index is 1.97. The van der Waals surface area contributed by atoms with E-state index in [-0.39, 0.29) is 17.3 Å². The van der Waals surface area contributed by atoms with Crippen LogP contribution in [0.4, 0.5) is 5.69 Å². The maximum absolute atomic E-state index is 12.1. The van der Waals surface area contributed by atoms with E-state index in [1.54, 1.807) is 18.2 Å². The molecule has 1 aliphatic carbocycles. The lowest BCUT2D eigenvalue weighted by Gasteiger charge is -2.28. The molecule has 1 aliphatic rings. The van der Waals surface area contributed by atoms with E-state index in [0.717, 1.165) is 25.7 Å². The molecule has 1 fully saturated rings. The lowest BCUT2D eigenvalue weighted by Crippen LogP contribution is -2.44. The fraction of sp³-hybridized carbons (Fsp3) is 0.500. The Hall–Kier alpha value is -2.37. The van der Waals surface area contributed by atoms with Gasteiger partial charge >= 0.3 is 17.8 Å². The third-order valence-corrected chi connectivity index (χ3v) is 4.48. The molecule has 0 aliphatic heterocycles. The molecule has 6 nitrogen and oxygen atoms in total. The lowest BCUT2D eigenvalue weighted by atomic mass is 9.84. The first-order valence-electron chi connectivity index (χ1n) is 8.34. The van der Waals surface area contributed by atoms with E-state index in [2.05, 4.69) is 22.3 Å². The zero-order chi connectivity index (χ0) is 17.5. The molecule has 0 bridgehead atoms. The quantitative estimate of drug-likeness (QED) is 0.655. The topological polar surface area (TPSA) is 84.5 Å². The van der Waals surface area contributed by atoms with Crippen LogP contribution in [0.1, 0.15) is 49.4 Å². The number of hydrogen-bond donors (Lipinski definition) is 2. The van der Waals surface area contributed by atoms with E-state index < -0.39 is 17.8 Å². The van der Waals surface area contributed by atoms with Gasteiger partial charge in [0.1, 0.15) is 0 Å². The van der Waals surface area contributed by atoms with Gasteiger partial charge in [0.2, 0.25) is 0 Å². The van der Waals surface area contributed by atoms with Gasteiger partial charge in [-0.25, -0.2) is 4.79 Å². The maximum atomic E-state index is 12.1. The number of methoxy groups -OCH3 is 1. The zero-order valence-electron chi connectivity index (χ0n) is 14.1. The molecule has 24 heavy (non-hydrogen) atoms. The molecule has 1 aromatic carbocycles. The Morgan fingerprint density at radius 1 is 1.17 bits per heavy atom. The van der Waals surface area contributed by atoms with Crippen molar-refractivity contribution >= 4 is 23.5 Å². The van der Waals surface area contributed by atoms with Gasteiger partial charge in [0.25, 0.3) is 0 Å². The molecule has 0 saturated heterocycles. The monoisotopic (exact) mass is 332 g/mol. The SMILES string of the molecule is CC[C@@H]1CCC[C@@H](NC(=O)C(=O)Nc2ccccc2C(=O)OC)C1. The van der Waals surface area contributed by atoms with Gasteiger partial charge in [-0.15, -0.1) is 0 Å². The van der Waals surface area contributed by atoms with Crippen LogP contribution in [0.5, 0.6) is 0 Å². The van der Waals surface area contributed by atoms with Crippen LogP contribution in [0, 0.1) is 5.92 Å². The van der Waals surface area contributed by atoms with Crippen LogP contribution >= 0.6 is 0 Å². The molecule has 0 unspecified atom stereocenters. The van der Waals surface area contributed by atoms with Crippen molar-refractivity contribution in [1.82, 2.24) is 5.32 Å². The summed E-state index contributed by atoms with van der Waals surface area (Å²) in [6.45, 7) is 2.14. The van der Waals surface area contributed by atoms with Gasteiger partial charge in [0.15, 0.2) is 0 Å². The van der Waals surface area contributed by atoms with Crippen molar-refractivity contribution in [2.75, 3.05) is 12.4 Å². The molecule has 130 valence electrons. The van der Waals surface area contributed by atoms with Gasteiger partial charge in [-0.2, -0.15) is 0 Å². The zero-order valence-corrected chi connectivity index (χ0v) is 14.1. The van der Waals surface area contributed by atoms with Crippen molar-refractivity contribution in [3.8, 4) is 0 Å². The number of ether oxygens (including phenoxy) is 1. The van der Waals surface area contributed by atoms with Crippen LogP contribution in [-0.2, 0) is 14.3 Å². The summed E-state index contributed by atoms with van der Waals surface area (Å²) >= 11 is 0. The number of anilines is 1. The summed E-state index contributed by atoms with van der Waals surface area (Å²) < 4.78 is 4.67. The molecule has 0 aromatic heterocycles. The molecular weight excluding hydrogens is 308 g/mol. The molecule has 1 saturated carbocycles. The number of para-hydroxylation sites is 1. The van der Waals surface area contributed by atoms with Gasteiger partial charge in [-0.3, -0.25) is 9.59 Å². The first kappa shape index (κ1) is 18.0. The van der Waals surface area contributed by atoms with Gasteiger partial charge in [-0.1, -0.05) is 38.3 Å². The Morgan fingerprint density at radius 2 is 1.92 bits per heavy atom. The van der Waals surface area contributed by atoms with Crippen LogP contribution in [0.2, 0.25) is 0 Å². The summed E-state index contributed by atoms with van der Waals surface area (Å²) in [6, 6.07) is 6.47. The van der Waals surface area contributed by atoms with Gasteiger partial charge in [0, 0.05) is 6.04 Å². The Kier molecular flexibility index (Phi) is 6.35. The minimum atomic E-state index is -0.773. The van der Waals surface area contributed by atoms with Gasteiger partial charge in [0.05, 0.1) is 18.4 Å². The Bertz CT molecular complexity index is 615. The van der Waals surface area contributed by atoms with E-state index >= 15 is 0 Å². The van der Waals surface area contributed by atoms with E-state index in [1.165, 1.54) is 19.6 Å². The minimum Gasteiger partial charge on any atom is -0.465 e. The number of benzene rings is 1. The van der Waals surface area contributed by atoms with Crippen LogP contribution in [0.25, 0.3) is 0 Å². The summed E-state index contributed by atoms with van der Waals surface area (Å²) in [4.78, 5) is 35.9. The molecule has 0 spiro atoms. The van der Waals surface area contributed by atoms with E-state index in [9.17, 15) is 14.4 Å². The third-order valence-electron chi connectivity index (χ3n) is 4.48. The molecule has 2 amide bonds. The number of carbonyl (C=O) groups is 3. The van der Waals surface area contributed by atoms with Gasteiger partial charge < -0.3 is 15.4 Å². The van der Waals surface area contributed by atoms with Gasteiger partial charge in [-0.05, 0) is 30.9 Å². The molecule has 0 heterocycles. The number of rotatable bonds is 4. The summed E-state index contributed by atoms with van der Waals surface area (Å²) in [5.41, 5.74) is 0.476. The molecule has 1 aromatic rings. The second-order valence-corrected chi connectivity index (χ2v) is 6.10. The average molecular weight is 332 g/mol. The normalized spacial score (nSPS) is 20.1. The number of amides is 2. The van der Waals surface area contributed by atoms with Crippen LogP contribution in [0.3, 0.4) is 0 Å². The molecule has 0 radical (unpaired) electrons. The van der Waals surface area contributed by atoms with Crippen molar-refractivity contribution in [1.29, 1.82) is 0 Å². The van der Waals surface area contributed by atoms with Crippen molar-refractivity contribution in [2.24, 2.45) is 5.92 Å². The fourth-order valence-electron chi connectivity index (χ4n) is 3.10. The molecule has 2 atom stereocenters. The second kappa shape index (κ2) is 8.47. The first-order chi connectivity index (χ1) is 11.5. The van der Waals surface area contributed by atoms with Crippen molar-refractivity contribution < 1.29 is 19.1 Å². The van der Waals surface area contributed by atoms with Crippen LogP contribution < -0.4 is 10.6 Å². The smallest absolute Gasteiger partial charge is 0.339 e. The average Bonchev–Trinajstić information content (AvgIpc) is 2.61.